The Bertz CT molecular complexity index is 741. The Morgan fingerprint density at radius 1 is 1.08 bits per heavy atom. The molecule has 1 aliphatic carbocycles. The van der Waals surface area contributed by atoms with E-state index < -0.39 is 18.1 Å². The molecule has 0 aromatic heterocycles. The number of carbonyl (C=O) groups excluding carboxylic acids is 2. The molecule has 1 aliphatic rings. The lowest BCUT2D eigenvalue weighted by Crippen LogP contribution is -2.47. The van der Waals surface area contributed by atoms with Gasteiger partial charge in [0.15, 0.2) is 0 Å². The molecule has 0 bridgehead atoms. The van der Waals surface area contributed by atoms with E-state index in [1.165, 1.54) is 14.0 Å². The van der Waals surface area contributed by atoms with Crippen molar-refractivity contribution in [2.45, 2.75) is 18.9 Å². The summed E-state index contributed by atoms with van der Waals surface area (Å²) in [4.78, 5) is 24.0. The van der Waals surface area contributed by atoms with E-state index in [1.807, 2.05) is 36.4 Å². The van der Waals surface area contributed by atoms with E-state index >= 15 is 0 Å². The van der Waals surface area contributed by atoms with Crippen LogP contribution in [0.25, 0.3) is 11.1 Å². The van der Waals surface area contributed by atoms with Gasteiger partial charge in [-0.1, -0.05) is 48.5 Å². The summed E-state index contributed by atoms with van der Waals surface area (Å²) in [5.41, 5.74) is 4.51. The van der Waals surface area contributed by atoms with Gasteiger partial charge in [-0.15, -0.1) is 0 Å². The standard InChI is InChI=1S/C19H19NO4/c1-12(18(21)22)20(2)19(23)24-11-17-15-9-5-3-7-13(15)14-8-4-6-10-16(14)17/h3-10,12,17H,11H2,1-2H3,(H,21,22)/p-1/t12-/m1/s1. The highest BCUT2D eigenvalue weighted by Crippen LogP contribution is 2.44. The highest BCUT2D eigenvalue weighted by molar-refractivity contribution is 5.80. The smallest absolute Gasteiger partial charge is 0.410 e. The molecule has 0 heterocycles. The Morgan fingerprint density at radius 3 is 2.08 bits per heavy atom. The average molecular weight is 324 g/mol. The van der Waals surface area contributed by atoms with Crippen LogP contribution in [0.2, 0.25) is 0 Å². The van der Waals surface area contributed by atoms with E-state index in [-0.39, 0.29) is 12.5 Å². The minimum absolute atomic E-state index is 0.0481. The van der Waals surface area contributed by atoms with E-state index in [9.17, 15) is 14.7 Å². The van der Waals surface area contributed by atoms with Crippen molar-refractivity contribution in [3.63, 3.8) is 0 Å². The lowest BCUT2D eigenvalue weighted by Gasteiger charge is -2.25. The normalized spacial score (nSPS) is 13.8. The predicted molar refractivity (Wildman–Crippen MR) is 87.3 cm³/mol. The van der Waals surface area contributed by atoms with Crippen LogP contribution < -0.4 is 5.11 Å². The summed E-state index contributed by atoms with van der Waals surface area (Å²) >= 11 is 0. The van der Waals surface area contributed by atoms with Gasteiger partial charge < -0.3 is 19.5 Å². The number of hydrogen-bond acceptors (Lipinski definition) is 4. The molecule has 3 rings (SSSR count). The molecule has 0 saturated carbocycles. The number of benzene rings is 2. The van der Waals surface area contributed by atoms with Gasteiger partial charge in [-0.2, -0.15) is 0 Å². The van der Waals surface area contributed by atoms with Gasteiger partial charge in [0.2, 0.25) is 0 Å². The number of carboxylic acids is 1. The first-order valence-electron chi connectivity index (χ1n) is 7.79. The second kappa shape index (κ2) is 6.35. The summed E-state index contributed by atoms with van der Waals surface area (Å²) in [5, 5.41) is 10.9. The van der Waals surface area contributed by atoms with E-state index in [0.29, 0.717) is 0 Å². The quantitative estimate of drug-likeness (QED) is 0.862. The van der Waals surface area contributed by atoms with Gasteiger partial charge in [0.25, 0.3) is 0 Å². The molecule has 5 heteroatoms. The van der Waals surface area contributed by atoms with Crippen molar-refractivity contribution in [1.82, 2.24) is 4.90 Å². The molecule has 0 spiro atoms. The van der Waals surface area contributed by atoms with Gasteiger partial charge in [-0.3, -0.25) is 0 Å². The van der Waals surface area contributed by atoms with Crippen LogP contribution in [-0.4, -0.2) is 36.7 Å². The Kier molecular flexibility index (Phi) is 4.25. The SMILES string of the molecule is C[C@H](C(=O)[O-])N(C)C(=O)OCC1c2ccccc2-c2ccccc21. The topological polar surface area (TPSA) is 69.7 Å². The minimum Gasteiger partial charge on any atom is -0.548 e. The number of fused-ring (bicyclic) bond motifs is 3. The lowest BCUT2D eigenvalue weighted by atomic mass is 9.98. The molecule has 0 aliphatic heterocycles. The van der Waals surface area contributed by atoms with Crippen molar-refractivity contribution in [2.24, 2.45) is 0 Å². The van der Waals surface area contributed by atoms with Crippen molar-refractivity contribution in [2.75, 3.05) is 13.7 Å². The largest absolute Gasteiger partial charge is 0.548 e. The molecule has 5 nitrogen and oxygen atoms in total. The third-order valence-electron chi connectivity index (χ3n) is 4.55. The van der Waals surface area contributed by atoms with Gasteiger partial charge in [0.05, 0.1) is 12.0 Å². The van der Waals surface area contributed by atoms with E-state index in [2.05, 4.69) is 12.1 Å². The first-order chi connectivity index (χ1) is 11.5. The Balaban J connectivity index is 1.79. The zero-order chi connectivity index (χ0) is 17.3. The van der Waals surface area contributed by atoms with Crippen LogP contribution in [0.1, 0.15) is 24.0 Å². The minimum atomic E-state index is -1.31. The number of carbonyl (C=O) groups is 2. The molecule has 124 valence electrons. The highest BCUT2D eigenvalue weighted by Gasteiger charge is 2.29. The predicted octanol–water partition coefficient (Wildman–Crippen LogP) is 2.01. The zero-order valence-corrected chi connectivity index (χ0v) is 13.6. The number of carboxylic acid groups (broad SMARTS) is 1. The number of hydrogen-bond donors (Lipinski definition) is 0. The van der Waals surface area contributed by atoms with Crippen LogP contribution in [0.3, 0.4) is 0 Å². The number of rotatable bonds is 4. The summed E-state index contributed by atoms with van der Waals surface area (Å²) in [6, 6.07) is 15.0. The van der Waals surface area contributed by atoms with Gasteiger partial charge in [-0.05, 0) is 29.2 Å². The monoisotopic (exact) mass is 324 g/mol. The maximum atomic E-state index is 12.1. The first-order valence-corrected chi connectivity index (χ1v) is 7.79. The van der Waals surface area contributed by atoms with Gasteiger partial charge in [-0.25, -0.2) is 4.79 Å². The summed E-state index contributed by atoms with van der Waals surface area (Å²) in [6.07, 6.45) is -0.673. The van der Waals surface area contributed by atoms with Crippen molar-refractivity contribution in [3.05, 3.63) is 59.7 Å². The van der Waals surface area contributed by atoms with Crippen molar-refractivity contribution >= 4 is 12.1 Å². The highest BCUT2D eigenvalue weighted by atomic mass is 16.6. The van der Waals surface area contributed by atoms with E-state index in [0.717, 1.165) is 27.2 Å². The summed E-state index contributed by atoms with van der Waals surface area (Å²) in [7, 11) is 1.39. The molecule has 2 aromatic carbocycles. The first kappa shape index (κ1) is 16.1. The summed E-state index contributed by atoms with van der Waals surface area (Å²) in [6.45, 7) is 1.55. The molecule has 0 saturated heterocycles. The number of amides is 1. The second-order valence-electron chi connectivity index (χ2n) is 5.91. The van der Waals surface area contributed by atoms with E-state index in [1.54, 1.807) is 0 Å². The fraction of sp³-hybridized carbons (Fsp3) is 0.263. The fourth-order valence-electron chi connectivity index (χ4n) is 3.01. The molecule has 1 atom stereocenters. The fourth-order valence-corrected chi connectivity index (χ4v) is 3.01. The summed E-state index contributed by atoms with van der Waals surface area (Å²) in [5.74, 6) is -1.36. The van der Waals surface area contributed by atoms with Crippen molar-refractivity contribution < 1.29 is 19.4 Å². The maximum Gasteiger partial charge on any atom is 0.410 e. The Labute approximate surface area is 140 Å². The van der Waals surface area contributed by atoms with Crippen molar-refractivity contribution in [3.8, 4) is 11.1 Å². The molecule has 0 radical (unpaired) electrons. The zero-order valence-electron chi connectivity index (χ0n) is 13.6. The van der Waals surface area contributed by atoms with Crippen LogP contribution in [0.15, 0.2) is 48.5 Å². The number of nitrogens with zero attached hydrogens (tertiary/aromatic N) is 1. The van der Waals surface area contributed by atoms with Crippen LogP contribution in [0, 0.1) is 0 Å². The molecule has 0 unspecified atom stereocenters. The molecular formula is C19H18NO4-. The molecule has 1 amide bonds. The maximum absolute atomic E-state index is 12.1. The lowest BCUT2D eigenvalue weighted by molar-refractivity contribution is -0.310. The number of aliphatic carboxylic acids is 1. The molecule has 2 aromatic rings. The van der Waals surface area contributed by atoms with Gasteiger partial charge in [0, 0.05) is 13.0 Å². The molecular weight excluding hydrogens is 306 g/mol. The Hall–Kier alpha value is -2.82. The third kappa shape index (κ3) is 2.73. The van der Waals surface area contributed by atoms with E-state index in [4.69, 9.17) is 4.74 Å². The van der Waals surface area contributed by atoms with Crippen molar-refractivity contribution in [1.29, 1.82) is 0 Å². The number of likely N-dealkylation sites (N-methyl/N-ethyl adjacent to an activating group) is 1. The Morgan fingerprint density at radius 2 is 1.58 bits per heavy atom. The second-order valence-corrected chi connectivity index (χ2v) is 5.91. The van der Waals surface area contributed by atoms with Crippen LogP contribution in [0.5, 0.6) is 0 Å². The number of ether oxygens (including phenoxy) is 1. The van der Waals surface area contributed by atoms with Crippen LogP contribution in [-0.2, 0) is 9.53 Å². The van der Waals surface area contributed by atoms with Gasteiger partial charge in [0.1, 0.15) is 6.61 Å². The molecule has 0 N–H and O–H groups in total. The van der Waals surface area contributed by atoms with Crippen LogP contribution >= 0.6 is 0 Å². The molecule has 24 heavy (non-hydrogen) atoms. The van der Waals surface area contributed by atoms with Crippen LogP contribution in [0.4, 0.5) is 4.79 Å². The van der Waals surface area contributed by atoms with Gasteiger partial charge >= 0.3 is 6.09 Å². The molecule has 0 fully saturated rings. The average Bonchev–Trinajstić information content (AvgIpc) is 2.92. The summed E-state index contributed by atoms with van der Waals surface area (Å²) < 4.78 is 5.37. The third-order valence-corrected chi connectivity index (χ3v) is 4.55.